The number of hydrogen-bond acceptors (Lipinski definition) is 2. The van der Waals surface area contributed by atoms with Crippen LogP contribution in [0.1, 0.15) is 64.7 Å². The average Bonchev–Trinajstić information content (AvgIpc) is 2.95. The molecule has 0 spiro atoms. The van der Waals surface area contributed by atoms with Crippen LogP contribution in [0, 0.1) is 5.41 Å². The molecule has 0 radical (unpaired) electrons. The first-order chi connectivity index (χ1) is 9.23. The van der Waals surface area contributed by atoms with Crippen LogP contribution in [-0.2, 0) is 4.79 Å². The topological polar surface area (TPSA) is 32.3 Å². The highest BCUT2D eigenvalue weighted by Gasteiger charge is 2.43. The van der Waals surface area contributed by atoms with Gasteiger partial charge in [0.2, 0.25) is 5.91 Å². The lowest BCUT2D eigenvalue weighted by Gasteiger charge is -2.41. The first-order valence-electron chi connectivity index (χ1n) is 8.19. The predicted molar refractivity (Wildman–Crippen MR) is 79.1 cm³/mol. The predicted octanol–water partition coefficient (Wildman–Crippen LogP) is 2.95. The number of nitrogens with zero attached hydrogens (tertiary/aromatic N) is 1. The van der Waals surface area contributed by atoms with Crippen LogP contribution in [-0.4, -0.2) is 37.0 Å². The van der Waals surface area contributed by atoms with Crippen LogP contribution in [0.3, 0.4) is 0 Å². The molecule has 0 aromatic heterocycles. The number of amides is 1. The van der Waals surface area contributed by atoms with Gasteiger partial charge in [0.25, 0.3) is 0 Å². The Morgan fingerprint density at radius 3 is 2.63 bits per heavy atom. The zero-order valence-corrected chi connectivity index (χ0v) is 12.7. The van der Waals surface area contributed by atoms with Crippen molar-refractivity contribution in [2.75, 3.05) is 20.1 Å². The summed E-state index contributed by atoms with van der Waals surface area (Å²) in [6.45, 7) is 4.22. The van der Waals surface area contributed by atoms with Gasteiger partial charge in [-0.2, -0.15) is 0 Å². The molecule has 19 heavy (non-hydrogen) atoms. The van der Waals surface area contributed by atoms with E-state index < -0.39 is 0 Å². The molecule has 0 aromatic carbocycles. The van der Waals surface area contributed by atoms with E-state index in [9.17, 15) is 4.79 Å². The maximum absolute atomic E-state index is 13.0. The van der Waals surface area contributed by atoms with Crippen LogP contribution >= 0.6 is 0 Å². The third-order valence-electron chi connectivity index (χ3n) is 5.31. The normalized spacial score (nSPS) is 26.6. The van der Waals surface area contributed by atoms with Crippen molar-refractivity contribution in [3.63, 3.8) is 0 Å². The second kappa shape index (κ2) is 6.74. The minimum absolute atomic E-state index is 0.00473. The SMILES string of the molecule is CCC1(C(=O)N2CCCCC2CCNC)CCCC1. The summed E-state index contributed by atoms with van der Waals surface area (Å²) >= 11 is 0. The van der Waals surface area contributed by atoms with E-state index in [0.29, 0.717) is 11.9 Å². The van der Waals surface area contributed by atoms with Crippen molar-refractivity contribution in [2.45, 2.75) is 70.8 Å². The van der Waals surface area contributed by atoms with Crippen LogP contribution in [0.25, 0.3) is 0 Å². The van der Waals surface area contributed by atoms with Gasteiger partial charge in [-0.3, -0.25) is 4.79 Å². The fourth-order valence-corrected chi connectivity index (χ4v) is 3.95. The number of likely N-dealkylation sites (tertiary alicyclic amines) is 1. The molecule has 2 rings (SSSR count). The number of carbonyl (C=O) groups excluding carboxylic acids is 1. The molecule has 1 amide bonds. The van der Waals surface area contributed by atoms with Gasteiger partial charge in [-0.1, -0.05) is 19.8 Å². The minimum atomic E-state index is -0.00473. The monoisotopic (exact) mass is 266 g/mol. The van der Waals surface area contributed by atoms with Crippen molar-refractivity contribution in [3.8, 4) is 0 Å². The van der Waals surface area contributed by atoms with Crippen LogP contribution in [0.2, 0.25) is 0 Å². The molecule has 1 saturated heterocycles. The van der Waals surface area contributed by atoms with Crippen LogP contribution in [0.15, 0.2) is 0 Å². The van der Waals surface area contributed by atoms with Gasteiger partial charge in [0.15, 0.2) is 0 Å². The number of hydrogen-bond donors (Lipinski definition) is 1. The standard InChI is InChI=1S/C16H30N2O/c1-3-16(10-5-6-11-16)15(19)18-13-7-4-8-14(18)9-12-17-2/h14,17H,3-13H2,1-2H3. The van der Waals surface area contributed by atoms with Crippen LogP contribution < -0.4 is 5.32 Å². The first-order valence-corrected chi connectivity index (χ1v) is 8.19. The number of carbonyl (C=O) groups is 1. The molecule has 1 N–H and O–H groups in total. The molecule has 2 aliphatic rings. The summed E-state index contributed by atoms with van der Waals surface area (Å²) in [7, 11) is 2.00. The summed E-state index contributed by atoms with van der Waals surface area (Å²) in [5.41, 5.74) is -0.00473. The van der Waals surface area contributed by atoms with Crippen molar-refractivity contribution in [1.29, 1.82) is 0 Å². The lowest BCUT2D eigenvalue weighted by atomic mass is 9.80. The minimum Gasteiger partial charge on any atom is -0.339 e. The summed E-state index contributed by atoms with van der Waals surface area (Å²) in [5.74, 6) is 0.480. The fraction of sp³-hybridized carbons (Fsp3) is 0.938. The maximum atomic E-state index is 13.0. The van der Waals surface area contributed by atoms with Crippen molar-refractivity contribution >= 4 is 5.91 Å². The Bertz CT molecular complexity index is 297. The van der Waals surface area contributed by atoms with Crippen molar-refractivity contribution in [2.24, 2.45) is 5.41 Å². The third-order valence-corrected chi connectivity index (χ3v) is 5.31. The van der Waals surface area contributed by atoms with Crippen molar-refractivity contribution in [1.82, 2.24) is 10.2 Å². The highest BCUT2D eigenvalue weighted by atomic mass is 16.2. The second-order valence-electron chi connectivity index (χ2n) is 6.38. The van der Waals surface area contributed by atoms with Gasteiger partial charge in [0.1, 0.15) is 0 Å². The Labute approximate surface area is 118 Å². The van der Waals surface area contributed by atoms with Crippen LogP contribution in [0.4, 0.5) is 0 Å². The number of rotatable bonds is 5. The molecule has 1 saturated carbocycles. The van der Waals surface area contributed by atoms with Gasteiger partial charge in [-0.25, -0.2) is 0 Å². The van der Waals surface area contributed by atoms with E-state index in [4.69, 9.17) is 0 Å². The van der Waals surface area contributed by atoms with E-state index in [0.717, 1.165) is 38.8 Å². The molecule has 0 aromatic rings. The smallest absolute Gasteiger partial charge is 0.229 e. The number of piperidine rings is 1. The zero-order valence-electron chi connectivity index (χ0n) is 12.7. The van der Waals surface area contributed by atoms with Gasteiger partial charge in [0, 0.05) is 18.0 Å². The maximum Gasteiger partial charge on any atom is 0.229 e. The lowest BCUT2D eigenvalue weighted by molar-refractivity contribution is -0.146. The quantitative estimate of drug-likeness (QED) is 0.830. The average molecular weight is 266 g/mol. The molecule has 3 heteroatoms. The highest BCUT2D eigenvalue weighted by molar-refractivity contribution is 5.83. The summed E-state index contributed by atoms with van der Waals surface area (Å²) in [5, 5.41) is 3.23. The van der Waals surface area contributed by atoms with Gasteiger partial charge >= 0.3 is 0 Å². The molecule has 0 bridgehead atoms. The summed E-state index contributed by atoms with van der Waals surface area (Å²) in [4.78, 5) is 15.3. The van der Waals surface area contributed by atoms with Gasteiger partial charge in [-0.05, 0) is 58.5 Å². The third kappa shape index (κ3) is 3.13. The van der Waals surface area contributed by atoms with Gasteiger partial charge in [0.05, 0.1) is 0 Å². The van der Waals surface area contributed by atoms with E-state index in [1.807, 2.05) is 7.05 Å². The second-order valence-corrected chi connectivity index (χ2v) is 6.38. The largest absolute Gasteiger partial charge is 0.339 e. The molecular formula is C16H30N2O. The highest BCUT2D eigenvalue weighted by Crippen LogP contribution is 2.43. The fourth-order valence-electron chi connectivity index (χ4n) is 3.95. The summed E-state index contributed by atoms with van der Waals surface area (Å²) in [6, 6.07) is 0.484. The molecule has 1 heterocycles. The molecule has 1 aliphatic heterocycles. The van der Waals surface area contributed by atoms with Gasteiger partial charge in [-0.15, -0.1) is 0 Å². The molecule has 110 valence electrons. The van der Waals surface area contributed by atoms with E-state index in [1.165, 1.54) is 32.1 Å². The molecule has 1 aliphatic carbocycles. The van der Waals surface area contributed by atoms with E-state index in [1.54, 1.807) is 0 Å². The molecule has 1 unspecified atom stereocenters. The molecule has 3 nitrogen and oxygen atoms in total. The summed E-state index contributed by atoms with van der Waals surface area (Å²) in [6.07, 6.45) is 10.6. The van der Waals surface area contributed by atoms with Crippen molar-refractivity contribution < 1.29 is 4.79 Å². The zero-order chi connectivity index (χ0) is 13.7. The number of nitrogens with one attached hydrogen (secondary N) is 1. The Kier molecular flexibility index (Phi) is 5.26. The van der Waals surface area contributed by atoms with E-state index >= 15 is 0 Å². The molecular weight excluding hydrogens is 236 g/mol. The Morgan fingerprint density at radius 1 is 1.26 bits per heavy atom. The van der Waals surface area contributed by atoms with E-state index in [-0.39, 0.29) is 5.41 Å². The van der Waals surface area contributed by atoms with Crippen molar-refractivity contribution in [3.05, 3.63) is 0 Å². The van der Waals surface area contributed by atoms with Gasteiger partial charge < -0.3 is 10.2 Å². The summed E-state index contributed by atoms with van der Waals surface area (Å²) < 4.78 is 0. The Hall–Kier alpha value is -0.570. The lowest BCUT2D eigenvalue weighted by Crippen LogP contribution is -2.50. The first kappa shape index (κ1) is 14.8. The Morgan fingerprint density at radius 2 is 2.00 bits per heavy atom. The molecule has 2 fully saturated rings. The van der Waals surface area contributed by atoms with E-state index in [2.05, 4.69) is 17.1 Å². The Balaban J connectivity index is 2.05. The van der Waals surface area contributed by atoms with Crippen LogP contribution in [0.5, 0.6) is 0 Å². The molecule has 1 atom stereocenters.